The predicted molar refractivity (Wildman–Crippen MR) is 119 cm³/mol. The number of aromatic nitrogens is 2. The summed E-state index contributed by atoms with van der Waals surface area (Å²) in [5.74, 6) is 3.16. The Labute approximate surface area is 180 Å². The summed E-state index contributed by atoms with van der Waals surface area (Å²) in [5.41, 5.74) is 2.04. The van der Waals surface area contributed by atoms with Crippen molar-refractivity contribution in [1.29, 1.82) is 0 Å². The molecule has 5 nitrogen and oxygen atoms in total. The van der Waals surface area contributed by atoms with E-state index >= 15 is 0 Å². The van der Waals surface area contributed by atoms with E-state index in [1.165, 1.54) is 0 Å². The van der Waals surface area contributed by atoms with E-state index < -0.39 is 0 Å². The summed E-state index contributed by atoms with van der Waals surface area (Å²) < 4.78 is 19.2. The average Bonchev–Trinajstić information content (AvgIpc) is 3.14. The molecular formula is C24H23ClN2O3. The Balaban J connectivity index is 1.43. The summed E-state index contributed by atoms with van der Waals surface area (Å²) in [6.07, 6.45) is 0.821. The highest BCUT2D eigenvalue weighted by Crippen LogP contribution is 2.24. The van der Waals surface area contributed by atoms with Crippen molar-refractivity contribution < 1.29 is 14.2 Å². The molecule has 0 spiro atoms. The predicted octanol–water partition coefficient (Wildman–Crippen LogP) is 5.75. The van der Waals surface area contributed by atoms with Crippen molar-refractivity contribution in [3.05, 3.63) is 83.6 Å². The number of methoxy groups -OCH3 is 1. The van der Waals surface area contributed by atoms with E-state index in [0.29, 0.717) is 24.0 Å². The molecule has 154 valence electrons. The van der Waals surface area contributed by atoms with Crippen molar-refractivity contribution in [2.45, 2.75) is 19.6 Å². The largest absolute Gasteiger partial charge is 0.497 e. The zero-order valence-electron chi connectivity index (χ0n) is 16.8. The third-order valence-electron chi connectivity index (χ3n) is 4.78. The maximum Gasteiger partial charge on any atom is 0.147 e. The fourth-order valence-corrected chi connectivity index (χ4v) is 3.46. The molecule has 0 amide bonds. The van der Waals surface area contributed by atoms with Crippen molar-refractivity contribution in [3.8, 4) is 17.2 Å². The van der Waals surface area contributed by atoms with Crippen LogP contribution in [0.15, 0.2) is 72.8 Å². The second kappa shape index (κ2) is 9.55. The number of aryl methyl sites for hydroxylation is 1. The first-order valence-corrected chi connectivity index (χ1v) is 10.2. The highest BCUT2D eigenvalue weighted by Gasteiger charge is 2.11. The summed E-state index contributed by atoms with van der Waals surface area (Å²) in [5, 5.41) is 0.624. The van der Waals surface area contributed by atoms with Gasteiger partial charge in [-0.3, -0.25) is 0 Å². The average molecular weight is 423 g/mol. The molecule has 0 aliphatic rings. The molecule has 0 radical (unpaired) electrons. The van der Waals surface area contributed by atoms with Gasteiger partial charge in [0.25, 0.3) is 0 Å². The van der Waals surface area contributed by atoms with Gasteiger partial charge in [0.15, 0.2) is 0 Å². The topological polar surface area (TPSA) is 45.5 Å². The molecule has 1 aromatic heterocycles. The van der Waals surface area contributed by atoms with Crippen LogP contribution in [-0.4, -0.2) is 23.3 Å². The zero-order valence-corrected chi connectivity index (χ0v) is 17.5. The normalized spacial score (nSPS) is 10.9. The second-order valence-electron chi connectivity index (χ2n) is 6.77. The highest BCUT2D eigenvalue weighted by atomic mass is 35.5. The van der Waals surface area contributed by atoms with Gasteiger partial charge in [-0.2, -0.15) is 0 Å². The molecule has 4 rings (SSSR count). The van der Waals surface area contributed by atoms with Crippen LogP contribution in [0.1, 0.15) is 12.2 Å². The molecular weight excluding hydrogens is 400 g/mol. The molecule has 0 bridgehead atoms. The number of rotatable bonds is 9. The Morgan fingerprint density at radius 1 is 0.867 bits per heavy atom. The van der Waals surface area contributed by atoms with Crippen LogP contribution in [0.25, 0.3) is 11.0 Å². The quantitative estimate of drug-likeness (QED) is 0.322. The van der Waals surface area contributed by atoms with Gasteiger partial charge in [-0.1, -0.05) is 35.9 Å². The van der Waals surface area contributed by atoms with Gasteiger partial charge in [0, 0.05) is 6.54 Å². The summed E-state index contributed by atoms with van der Waals surface area (Å²) in [6, 6.07) is 23.2. The van der Waals surface area contributed by atoms with Crippen LogP contribution < -0.4 is 14.2 Å². The zero-order chi connectivity index (χ0) is 20.8. The van der Waals surface area contributed by atoms with Crippen molar-refractivity contribution in [1.82, 2.24) is 9.55 Å². The van der Waals surface area contributed by atoms with Gasteiger partial charge in [0.1, 0.15) is 29.7 Å². The number of nitrogens with zero attached hydrogens (tertiary/aromatic N) is 2. The Hall–Kier alpha value is -3.18. The number of hydrogen-bond acceptors (Lipinski definition) is 4. The minimum atomic E-state index is 0.381. The van der Waals surface area contributed by atoms with Gasteiger partial charge in [-0.25, -0.2) is 4.98 Å². The first kappa shape index (κ1) is 20.1. The maximum absolute atomic E-state index is 6.16. The number of ether oxygens (including phenoxy) is 3. The highest BCUT2D eigenvalue weighted by molar-refractivity contribution is 6.32. The molecule has 0 unspecified atom stereocenters. The van der Waals surface area contributed by atoms with Gasteiger partial charge in [-0.05, 0) is 55.0 Å². The lowest BCUT2D eigenvalue weighted by atomic mass is 10.3. The van der Waals surface area contributed by atoms with Crippen LogP contribution >= 0.6 is 11.6 Å². The van der Waals surface area contributed by atoms with Crippen LogP contribution in [0.4, 0.5) is 0 Å². The van der Waals surface area contributed by atoms with Gasteiger partial charge in [0.2, 0.25) is 0 Å². The summed E-state index contributed by atoms with van der Waals surface area (Å²) in [7, 11) is 1.65. The van der Waals surface area contributed by atoms with Crippen LogP contribution in [-0.2, 0) is 13.2 Å². The molecule has 0 saturated carbocycles. The summed E-state index contributed by atoms with van der Waals surface area (Å²) in [4.78, 5) is 4.76. The fraction of sp³-hybridized carbons (Fsp3) is 0.208. The van der Waals surface area contributed by atoms with E-state index in [4.69, 9.17) is 30.8 Å². The molecule has 0 saturated heterocycles. The Morgan fingerprint density at radius 3 is 2.40 bits per heavy atom. The molecule has 0 atom stereocenters. The molecule has 0 aliphatic heterocycles. The lowest BCUT2D eigenvalue weighted by molar-refractivity contribution is 0.280. The van der Waals surface area contributed by atoms with Crippen LogP contribution in [0, 0.1) is 0 Å². The standard InChI is InChI=1S/C24H23ClN2O3/c1-28-18-11-13-19(14-12-18)30-17-24-26-21-8-3-4-9-22(21)27(24)15-6-16-29-23-10-5-2-7-20(23)25/h2-5,7-14H,6,15-17H2,1H3. The Bertz CT molecular complexity index is 1110. The SMILES string of the molecule is COc1ccc(OCc2nc3ccccc3n2CCCOc2ccccc2Cl)cc1. The van der Waals surface area contributed by atoms with Crippen molar-refractivity contribution in [2.24, 2.45) is 0 Å². The van der Waals surface area contributed by atoms with Gasteiger partial charge in [0.05, 0.1) is 29.8 Å². The molecule has 3 aromatic carbocycles. The third-order valence-corrected chi connectivity index (χ3v) is 5.09. The molecule has 4 aromatic rings. The molecule has 0 N–H and O–H groups in total. The third kappa shape index (κ3) is 4.69. The lowest BCUT2D eigenvalue weighted by Crippen LogP contribution is -2.10. The minimum Gasteiger partial charge on any atom is -0.497 e. The number of imidazole rings is 1. The van der Waals surface area contributed by atoms with E-state index in [1.807, 2.05) is 66.7 Å². The molecule has 30 heavy (non-hydrogen) atoms. The van der Waals surface area contributed by atoms with E-state index in [-0.39, 0.29) is 0 Å². The van der Waals surface area contributed by atoms with Crippen molar-refractivity contribution in [2.75, 3.05) is 13.7 Å². The molecule has 1 heterocycles. The number of benzene rings is 3. The smallest absolute Gasteiger partial charge is 0.147 e. The Morgan fingerprint density at radius 2 is 1.60 bits per heavy atom. The molecule has 0 fully saturated rings. The first-order chi connectivity index (χ1) is 14.7. The van der Waals surface area contributed by atoms with Crippen LogP contribution in [0.2, 0.25) is 5.02 Å². The minimum absolute atomic E-state index is 0.381. The van der Waals surface area contributed by atoms with Gasteiger partial charge >= 0.3 is 0 Å². The summed E-state index contributed by atoms with van der Waals surface area (Å²) >= 11 is 6.16. The fourth-order valence-electron chi connectivity index (χ4n) is 3.27. The van der Waals surface area contributed by atoms with Crippen LogP contribution in [0.5, 0.6) is 17.2 Å². The van der Waals surface area contributed by atoms with E-state index in [1.54, 1.807) is 7.11 Å². The second-order valence-corrected chi connectivity index (χ2v) is 7.17. The van der Waals surface area contributed by atoms with E-state index in [9.17, 15) is 0 Å². The number of hydrogen-bond donors (Lipinski definition) is 0. The lowest BCUT2D eigenvalue weighted by Gasteiger charge is -2.12. The number of halogens is 1. The van der Waals surface area contributed by atoms with Gasteiger partial charge < -0.3 is 18.8 Å². The Kier molecular flexibility index (Phi) is 6.40. The number of fused-ring (bicyclic) bond motifs is 1. The van der Waals surface area contributed by atoms with Crippen molar-refractivity contribution >= 4 is 22.6 Å². The van der Waals surface area contributed by atoms with Gasteiger partial charge in [-0.15, -0.1) is 0 Å². The molecule has 6 heteroatoms. The maximum atomic E-state index is 6.16. The van der Waals surface area contributed by atoms with Crippen molar-refractivity contribution in [3.63, 3.8) is 0 Å². The van der Waals surface area contributed by atoms with Crippen LogP contribution in [0.3, 0.4) is 0 Å². The summed E-state index contributed by atoms with van der Waals surface area (Å²) in [6.45, 7) is 1.72. The monoisotopic (exact) mass is 422 g/mol. The van der Waals surface area contributed by atoms with E-state index in [0.717, 1.165) is 41.3 Å². The molecule has 0 aliphatic carbocycles. The van der Waals surface area contributed by atoms with E-state index in [2.05, 4.69) is 10.6 Å². The number of para-hydroxylation sites is 3. The first-order valence-electron chi connectivity index (χ1n) is 9.83.